The second-order valence-corrected chi connectivity index (χ2v) is 6.09. The van der Waals surface area contributed by atoms with E-state index in [4.69, 9.17) is 0 Å². The minimum absolute atomic E-state index is 0.00949. The van der Waals surface area contributed by atoms with Crippen molar-refractivity contribution in [3.05, 3.63) is 48.0 Å². The van der Waals surface area contributed by atoms with E-state index in [9.17, 15) is 19.8 Å². The summed E-state index contributed by atoms with van der Waals surface area (Å²) in [6.45, 7) is 0.722. The largest absolute Gasteiger partial charge is 0.504 e. The van der Waals surface area contributed by atoms with E-state index in [1.807, 2.05) is 24.3 Å². The van der Waals surface area contributed by atoms with Gasteiger partial charge in [-0.25, -0.2) is 5.43 Å². The second kappa shape index (κ2) is 8.22. The van der Waals surface area contributed by atoms with E-state index in [1.165, 1.54) is 18.3 Å². The van der Waals surface area contributed by atoms with Crippen LogP contribution in [0.4, 0.5) is 11.4 Å². The molecule has 0 radical (unpaired) electrons. The van der Waals surface area contributed by atoms with E-state index in [1.54, 1.807) is 11.0 Å². The maximum absolute atomic E-state index is 11.9. The minimum Gasteiger partial charge on any atom is -0.504 e. The molecule has 8 heteroatoms. The number of anilines is 2. The highest BCUT2D eigenvalue weighted by Gasteiger charge is 2.21. The van der Waals surface area contributed by atoms with Gasteiger partial charge >= 0.3 is 0 Å². The first-order valence-corrected chi connectivity index (χ1v) is 8.51. The molecule has 8 nitrogen and oxygen atoms in total. The van der Waals surface area contributed by atoms with Crippen molar-refractivity contribution in [3.8, 4) is 11.5 Å². The Morgan fingerprint density at radius 1 is 1.19 bits per heavy atom. The van der Waals surface area contributed by atoms with E-state index in [0.717, 1.165) is 17.8 Å². The van der Waals surface area contributed by atoms with Gasteiger partial charge in [0.05, 0.1) is 12.8 Å². The fraction of sp³-hybridized carbons (Fsp3) is 0.211. The van der Waals surface area contributed by atoms with Crippen LogP contribution in [0.1, 0.15) is 18.4 Å². The van der Waals surface area contributed by atoms with Gasteiger partial charge in [0.1, 0.15) is 0 Å². The quantitative estimate of drug-likeness (QED) is 0.353. The summed E-state index contributed by atoms with van der Waals surface area (Å²) in [6, 6.07) is 11.6. The number of nitrogens with one attached hydrogen (secondary N) is 2. The number of hydrazone groups is 1. The van der Waals surface area contributed by atoms with E-state index in [-0.39, 0.29) is 29.9 Å². The molecule has 0 saturated carbocycles. The molecule has 0 atom stereocenters. The number of phenols is 2. The Kier molecular flexibility index (Phi) is 5.55. The monoisotopic (exact) mass is 368 g/mol. The van der Waals surface area contributed by atoms with E-state index < -0.39 is 0 Å². The molecule has 2 amide bonds. The lowest BCUT2D eigenvalue weighted by atomic mass is 10.2. The Hall–Kier alpha value is -3.55. The van der Waals surface area contributed by atoms with Crippen LogP contribution in [0.3, 0.4) is 0 Å². The van der Waals surface area contributed by atoms with Crippen LogP contribution >= 0.6 is 0 Å². The highest BCUT2D eigenvalue weighted by Crippen LogP contribution is 2.24. The molecule has 1 saturated heterocycles. The first-order chi connectivity index (χ1) is 13.0. The number of nitrogens with zero attached hydrogens (tertiary/aromatic N) is 2. The van der Waals surface area contributed by atoms with Gasteiger partial charge in [0.15, 0.2) is 11.5 Å². The summed E-state index contributed by atoms with van der Waals surface area (Å²) >= 11 is 0. The van der Waals surface area contributed by atoms with Gasteiger partial charge in [0.25, 0.3) is 5.91 Å². The van der Waals surface area contributed by atoms with Gasteiger partial charge in [0, 0.05) is 24.3 Å². The Bertz CT molecular complexity index is 882. The zero-order chi connectivity index (χ0) is 19.2. The van der Waals surface area contributed by atoms with E-state index in [2.05, 4.69) is 15.8 Å². The summed E-state index contributed by atoms with van der Waals surface area (Å²) in [7, 11) is 0. The summed E-state index contributed by atoms with van der Waals surface area (Å²) in [6.07, 6.45) is 2.78. The molecule has 2 aromatic carbocycles. The zero-order valence-electron chi connectivity index (χ0n) is 14.6. The summed E-state index contributed by atoms with van der Waals surface area (Å²) < 4.78 is 0. The number of rotatable bonds is 6. The Morgan fingerprint density at radius 2 is 2.04 bits per heavy atom. The summed E-state index contributed by atoms with van der Waals surface area (Å²) in [4.78, 5) is 25.4. The lowest BCUT2D eigenvalue weighted by Gasteiger charge is -2.16. The smallest absolute Gasteiger partial charge is 0.259 e. The van der Waals surface area contributed by atoms with Crippen molar-refractivity contribution in [2.75, 3.05) is 23.3 Å². The summed E-state index contributed by atoms with van der Waals surface area (Å²) in [5, 5.41) is 25.4. The van der Waals surface area contributed by atoms with Gasteiger partial charge in [0.2, 0.25) is 5.91 Å². The van der Waals surface area contributed by atoms with Crippen LogP contribution in [0, 0.1) is 0 Å². The first-order valence-electron chi connectivity index (χ1n) is 8.51. The molecule has 1 heterocycles. The van der Waals surface area contributed by atoms with Crippen LogP contribution < -0.4 is 15.6 Å². The molecule has 2 aromatic rings. The van der Waals surface area contributed by atoms with Crippen molar-refractivity contribution in [1.29, 1.82) is 0 Å². The molecule has 27 heavy (non-hydrogen) atoms. The summed E-state index contributed by atoms with van der Waals surface area (Å²) in [5.74, 6) is -0.724. The number of hydrogen-bond donors (Lipinski definition) is 4. The van der Waals surface area contributed by atoms with Gasteiger partial charge in [-0.1, -0.05) is 6.07 Å². The number of amides is 2. The van der Waals surface area contributed by atoms with Crippen molar-refractivity contribution in [3.63, 3.8) is 0 Å². The van der Waals surface area contributed by atoms with Gasteiger partial charge in [-0.05, 0) is 48.4 Å². The Labute approximate surface area is 156 Å². The molecule has 0 bridgehead atoms. The van der Waals surface area contributed by atoms with E-state index >= 15 is 0 Å². The standard InChI is InChI=1S/C19H20N4O4/c24-16-7-6-13(9-17(16)25)11-21-22-18(26)12-20-14-3-1-4-15(10-14)23-8-2-5-19(23)27/h1,3-4,6-7,9-11,20,24-25H,2,5,8,12H2,(H,22,26)/b21-11+. The predicted molar refractivity (Wildman–Crippen MR) is 102 cm³/mol. The van der Waals surface area contributed by atoms with Crippen molar-refractivity contribution in [1.82, 2.24) is 5.43 Å². The fourth-order valence-electron chi connectivity index (χ4n) is 2.73. The Balaban J connectivity index is 1.51. The molecule has 1 aliphatic heterocycles. The topological polar surface area (TPSA) is 114 Å². The van der Waals surface area contributed by atoms with Crippen molar-refractivity contribution in [2.24, 2.45) is 5.10 Å². The average Bonchev–Trinajstić information content (AvgIpc) is 3.09. The van der Waals surface area contributed by atoms with Gasteiger partial charge < -0.3 is 20.4 Å². The third kappa shape index (κ3) is 4.75. The van der Waals surface area contributed by atoms with Crippen molar-refractivity contribution < 1.29 is 19.8 Å². The zero-order valence-corrected chi connectivity index (χ0v) is 14.6. The van der Waals surface area contributed by atoms with Crippen LogP contribution in [0.25, 0.3) is 0 Å². The maximum Gasteiger partial charge on any atom is 0.259 e. The fourth-order valence-corrected chi connectivity index (χ4v) is 2.73. The number of carbonyl (C=O) groups excluding carboxylic acids is 2. The third-order valence-electron chi connectivity index (χ3n) is 4.09. The molecule has 140 valence electrons. The number of phenolic OH excluding ortho intramolecular Hbond substituents is 2. The molecule has 1 fully saturated rings. The third-order valence-corrected chi connectivity index (χ3v) is 4.09. The molecular weight excluding hydrogens is 348 g/mol. The number of carbonyl (C=O) groups is 2. The molecular formula is C19H20N4O4. The molecule has 3 rings (SSSR count). The lowest BCUT2D eigenvalue weighted by Crippen LogP contribution is -2.26. The highest BCUT2D eigenvalue weighted by atomic mass is 16.3. The van der Waals surface area contributed by atoms with E-state index in [0.29, 0.717) is 18.5 Å². The number of aromatic hydroxyl groups is 2. The lowest BCUT2D eigenvalue weighted by molar-refractivity contribution is -0.119. The second-order valence-electron chi connectivity index (χ2n) is 6.09. The van der Waals surface area contributed by atoms with Crippen LogP contribution in [0.15, 0.2) is 47.6 Å². The van der Waals surface area contributed by atoms with Gasteiger partial charge in [-0.2, -0.15) is 5.10 Å². The molecule has 0 unspecified atom stereocenters. The van der Waals surface area contributed by atoms with Crippen LogP contribution in [0.2, 0.25) is 0 Å². The molecule has 0 aromatic heterocycles. The molecule has 1 aliphatic rings. The van der Waals surface area contributed by atoms with Crippen LogP contribution in [-0.2, 0) is 9.59 Å². The predicted octanol–water partition coefficient (Wildman–Crippen LogP) is 1.79. The average molecular weight is 368 g/mol. The number of benzene rings is 2. The minimum atomic E-state index is -0.350. The van der Waals surface area contributed by atoms with Crippen molar-refractivity contribution >= 4 is 29.4 Å². The summed E-state index contributed by atoms with van der Waals surface area (Å²) in [5.41, 5.74) is 4.45. The van der Waals surface area contributed by atoms with Crippen molar-refractivity contribution in [2.45, 2.75) is 12.8 Å². The van der Waals surface area contributed by atoms with Crippen LogP contribution in [-0.4, -0.2) is 41.3 Å². The molecule has 0 spiro atoms. The highest BCUT2D eigenvalue weighted by molar-refractivity contribution is 5.95. The van der Waals surface area contributed by atoms with Gasteiger partial charge in [-0.15, -0.1) is 0 Å². The molecule has 0 aliphatic carbocycles. The normalized spacial score (nSPS) is 13.9. The SMILES string of the molecule is O=C(CNc1cccc(N2CCCC2=O)c1)N/N=C/c1ccc(O)c(O)c1. The molecule has 4 N–H and O–H groups in total. The van der Waals surface area contributed by atoms with Crippen LogP contribution in [0.5, 0.6) is 11.5 Å². The Morgan fingerprint density at radius 3 is 2.78 bits per heavy atom. The maximum atomic E-state index is 11.9. The van der Waals surface area contributed by atoms with Gasteiger partial charge in [-0.3, -0.25) is 9.59 Å². The number of hydrogen-bond acceptors (Lipinski definition) is 6. The first kappa shape index (κ1) is 18.2.